The van der Waals surface area contributed by atoms with Crippen LogP contribution >= 0.6 is 23.2 Å². The lowest BCUT2D eigenvalue weighted by Gasteiger charge is -2.14. The topological polar surface area (TPSA) is 113 Å². The molecule has 0 aliphatic heterocycles. The van der Waals surface area contributed by atoms with Gasteiger partial charge in [0.2, 0.25) is 0 Å². The first-order chi connectivity index (χ1) is 14.3. The van der Waals surface area contributed by atoms with Crippen LogP contribution in [0.1, 0.15) is 23.8 Å². The van der Waals surface area contributed by atoms with Crippen LogP contribution in [0, 0.1) is 0 Å². The van der Waals surface area contributed by atoms with Crippen molar-refractivity contribution in [3.05, 3.63) is 58.2 Å². The van der Waals surface area contributed by atoms with Crippen molar-refractivity contribution in [1.29, 1.82) is 0 Å². The van der Waals surface area contributed by atoms with Crippen molar-refractivity contribution in [3.63, 3.8) is 0 Å². The van der Waals surface area contributed by atoms with Gasteiger partial charge in [-0.15, -0.1) is 0 Å². The van der Waals surface area contributed by atoms with E-state index in [0.29, 0.717) is 21.1 Å². The van der Waals surface area contributed by atoms with Gasteiger partial charge in [-0.1, -0.05) is 41.4 Å². The molecule has 30 heavy (non-hydrogen) atoms. The molecule has 0 aliphatic carbocycles. The summed E-state index contributed by atoms with van der Waals surface area (Å²) in [7, 11) is 0. The van der Waals surface area contributed by atoms with Crippen LogP contribution < -0.4 is 10.6 Å². The smallest absolute Gasteiger partial charge is 0.308 e. The molecule has 3 N–H and O–H groups in total. The number of rotatable bonds is 7. The number of nitrogens with one attached hydrogen (secondary N) is 3. The highest BCUT2D eigenvalue weighted by atomic mass is 35.5. The summed E-state index contributed by atoms with van der Waals surface area (Å²) >= 11 is 11.9. The summed E-state index contributed by atoms with van der Waals surface area (Å²) in [6.45, 7) is 1.47. The fourth-order valence-electron chi connectivity index (χ4n) is 2.64. The van der Waals surface area contributed by atoms with Gasteiger partial charge in [-0.05, 0) is 31.2 Å². The van der Waals surface area contributed by atoms with Crippen molar-refractivity contribution in [3.8, 4) is 0 Å². The maximum Gasteiger partial charge on any atom is 0.308 e. The molecule has 3 rings (SSSR count). The van der Waals surface area contributed by atoms with Crippen molar-refractivity contribution in [2.75, 3.05) is 11.9 Å². The lowest BCUT2D eigenvalue weighted by molar-refractivity contribution is -0.153. The lowest BCUT2D eigenvalue weighted by atomic mass is 10.2. The molecule has 0 aliphatic rings. The highest BCUT2D eigenvalue weighted by Gasteiger charge is 2.19. The van der Waals surface area contributed by atoms with Gasteiger partial charge in [0, 0.05) is 17.0 Å². The summed E-state index contributed by atoms with van der Waals surface area (Å²) in [6, 6.07) is 11.8. The molecule has 0 saturated heterocycles. The molecule has 3 aromatic rings. The molecule has 1 unspecified atom stereocenters. The van der Waals surface area contributed by atoms with E-state index in [9.17, 15) is 14.4 Å². The molecule has 1 atom stereocenters. The molecule has 0 spiro atoms. The van der Waals surface area contributed by atoms with Crippen molar-refractivity contribution in [1.82, 2.24) is 15.5 Å². The van der Waals surface area contributed by atoms with Crippen molar-refractivity contribution in [2.24, 2.45) is 0 Å². The average molecular weight is 449 g/mol. The molecule has 1 heterocycles. The van der Waals surface area contributed by atoms with E-state index < -0.39 is 23.9 Å². The Hall–Kier alpha value is -3.10. The van der Waals surface area contributed by atoms with Crippen molar-refractivity contribution in [2.45, 2.75) is 19.4 Å². The first-order valence-corrected chi connectivity index (χ1v) is 9.77. The van der Waals surface area contributed by atoms with Gasteiger partial charge in [-0.25, -0.2) is 0 Å². The van der Waals surface area contributed by atoms with Gasteiger partial charge < -0.3 is 15.4 Å². The van der Waals surface area contributed by atoms with Crippen LogP contribution in [0.2, 0.25) is 10.0 Å². The molecule has 2 aromatic carbocycles. The van der Waals surface area contributed by atoms with Gasteiger partial charge in [-0.2, -0.15) is 5.10 Å². The normalized spacial score (nSPS) is 11.7. The van der Waals surface area contributed by atoms with Gasteiger partial charge in [0.25, 0.3) is 11.8 Å². The number of H-pyrrole nitrogens is 1. The molecular formula is C20H18Cl2N4O4. The number of hydrogen-bond acceptors (Lipinski definition) is 5. The number of aromatic amines is 1. The molecular weight excluding hydrogens is 431 g/mol. The van der Waals surface area contributed by atoms with Gasteiger partial charge in [0.1, 0.15) is 0 Å². The van der Waals surface area contributed by atoms with E-state index >= 15 is 0 Å². The standard InChI is InChI=1S/C20H18Cl2N4O4/c1-11(19(28)24-16-10-12(21)6-7-14(16)22)30-17(27)8-9-23-20(29)18-13-4-2-3-5-15(13)25-26-18/h2-7,10-11H,8-9H2,1H3,(H,23,29)(H,24,28)(H,25,26). The zero-order valence-electron chi connectivity index (χ0n) is 15.9. The number of esters is 1. The SMILES string of the molecule is CC(OC(=O)CCNC(=O)c1n[nH]c2ccccc12)C(=O)Nc1cc(Cl)ccc1Cl. The largest absolute Gasteiger partial charge is 0.452 e. The van der Waals surface area contributed by atoms with Crippen LogP contribution in [0.4, 0.5) is 5.69 Å². The Kier molecular flexibility index (Phi) is 6.91. The molecule has 0 radical (unpaired) electrons. The summed E-state index contributed by atoms with van der Waals surface area (Å²) in [4.78, 5) is 36.5. The van der Waals surface area contributed by atoms with Gasteiger partial charge in [0.15, 0.2) is 11.8 Å². The van der Waals surface area contributed by atoms with Crippen LogP contribution in [0.3, 0.4) is 0 Å². The minimum Gasteiger partial charge on any atom is -0.452 e. The number of anilines is 1. The van der Waals surface area contributed by atoms with Crippen LogP contribution in [0.15, 0.2) is 42.5 Å². The first-order valence-electron chi connectivity index (χ1n) is 9.02. The predicted octanol–water partition coefficient (Wildman–Crippen LogP) is 3.56. The minimum absolute atomic E-state index is 0.0350. The summed E-state index contributed by atoms with van der Waals surface area (Å²) in [5, 5.41) is 13.3. The quantitative estimate of drug-likeness (QED) is 0.478. The van der Waals surface area contributed by atoms with Crippen LogP contribution in [0.25, 0.3) is 10.9 Å². The third-order valence-electron chi connectivity index (χ3n) is 4.16. The van der Waals surface area contributed by atoms with Gasteiger partial charge >= 0.3 is 5.97 Å². The van der Waals surface area contributed by atoms with E-state index in [-0.39, 0.29) is 18.7 Å². The maximum absolute atomic E-state index is 12.3. The number of fused-ring (bicyclic) bond motifs is 1. The zero-order chi connectivity index (χ0) is 21.7. The molecule has 10 heteroatoms. The average Bonchev–Trinajstić information content (AvgIpc) is 3.14. The number of aromatic nitrogens is 2. The summed E-state index contributed by atoms with van der Waals surface area (Å²) in [5.74, 6) is -1.61. The van der Waals surface area contributed by atoms with E-state index in [1.807, 2.05) is 6.07 Å². The fourth-order valence-corrected chi connectivity index (χ4v) is 2.97. The number of amides is 2. The molecule has 156 valence electrons. The molecule has 2 amide bonds. The number of benzene rings is 2. The predicted molar refractivity (Wildman–Crippen MR) is 114 cm³/mol. The van der Waals surface area contributed by atoms with Gasteiger partial charge in [-0.3, -0.25) is 19.5 Å². The van der Waals surface area contributed by atoms with Crippen molar-refractivity contribution < 1.29 is 19.1 Å². The molecule has 0 bridgehead atoms. The summed E-state index contributed by atoms with van der Waals surface area (Å²) in [6.07, 6.45) is -1.16. The van der Waals surface area contributed by atoms with E-state index in [1.54, 1.807) is 30.3 Å². The van der Waals surface area contributed by atoms with Crippen LogP contribution in [-0.4, -0.2) is 40.6 Å². The van der Waals surface area contributed by atoms with E-state index in [2.05, 4.69) is 20.8 Å². The zero-order valence-corrected chi connectivity index (χ0v) is 17.4. The molecule has 0 saturated carbocycles. The van der Waals surface area contributed by atoms with E-state index in [4.69, 9.17) is 27.9 Å². The summed E-state index contributed by atoms with van der Waals surface area (Å²) in [5.41, 5.74) is 1.29. The van der Waals surface area contributed by atoms with Crippen LogP contribution in [0.5, 0.6) is 0 Å². The Balaban J connectivity index is 1.46. The number of carbonyl (C=O) groups excluding carboxylic acids is 3. The van der Waals surface area contributed by atoms with Gasteiger partial charge in [0.05, 0.1) is 22.6 Å². The Labute approximate surface area is 181 Å². The number of nitrogens with zero attached hydrogens (tertiary/aromatic N) is 1. The fraction of sp³-hybridized carbons (Fsp3) is 0.200. The third kappa shape index (κ3) is 5.28. The second-order valence-electron chi connectivity index (χ2n) is 6.37. The highest BCUT2D eigenvalue weighted by molar-refractivity contribution is 6.35. The number of para-hydroxylation sites is 1. The number of ether oxygens (including phenoxy) is 1. The molecule has 1 aromatic heterocycles. The Morgan fingerprint density at radius 1 is 1.17 bits per heavy atom. The molecule has 0 fully saturated rings. The minimum atomic E-state index is -1.06. The van der Waals surface area contributed by atoms with Crippen LogP contribution in [-0.2, 0) is 14.3 Å². The Bertz CT molecular complexity index is 1100. The third-order valence-corrected chi connectivity index (χ3v) is 4.73. The molecule has 8 nitrogen and oxygen atoms in total. The second-order valence-corrected chi connectivity index (χ2v) is 7.21. The number of halogens is 2. The lowest BCUT2D eigenvalue weighted by Crippen LogP contribution is -2.32. The monoisotopic (exact) mass is 448 g/mol. The Morgan fingerprint density at radius 3 is 2.73 bits per heavy atom. The maximum atomic E-state index is 12.3. The summed E-state index contributed by atoms with van der Waals surface area (Å²) < 4.78 is 5.10. The second kappa shape index (κ2) is 9.60. The van der Waals surface area contributed by atoms with E-state index in [0.717, 1.165) is 5.52 Å². The van der Waals surface area contributed by atoms with E-state index in [1.165, 1.54) is 13.0 Å². The van der Waals surface area contributed by atoms with Crippen molar-refractivity contribution >= 4 is 57.6 Å². The number of carbonyl (C=O) groups is 3. The number of hydrogen-bond donors (Lipinski definition) is 3. The first kappa shape index (κ1) is 21.6. The highest BCUT2D eigenvalue weighted by Crippen LogP contribution is 2.25. The Morgan fingerprint density at radius 2 is 1.93 bits per heavy atom.